The van der Waals surface area contributed by atoms with Gasteiger partial charge in [0.15, 0.2) is 22.9 Å². The number of aromatic nitrogens is 1. The number of rotatable bonds is 6. The van der Waals surface area contributed by atoms with Gasteiger partial charge in [-0.2, -0.15) is 0 Å². The van der Waals surface area contributed by atoms with Crippen LogP contribution < -0.4 is 14.8 Å². The van der Waals surface area contributed by atoms with Gasteiger partial charge in [-0.3, -0.25) is 0 Å². The van der Waals surface area contributed by atoms with Gasteiger partial charge in [-0.05, 0) is 17.7 Å². The summed E-state index contributed by atoms with van der Waals surface area (Å²) in [6.07, 6.45) is 0. The largest absolute Gasteiger partial charge is 0.493 e. The van der Waals surface area contributed by atoms with Crippen molar-refractivity contribution < 1.29 is 14.0 Å². The van der Waals surface area contributed by atoms with Gasteiger partial charge in [-0.1, -0.05) is 49.3 Å². The topological polar surface area (TPSA) is 56.5 Å². The van der Waals surface area contributed by atoms with Crippen LogP contribution in [0.15, 0.2) is 47.0 Å². The van der Waals surface area contributed by atoms with Crippen LogP contribution in [0.25, 0.3) is 11.0 Å². The second-order valence-corrected chi connectivity index (χ2v) is 6.31. The molecule has 0 aliphatic carbocycles. The molecule has 0 unspecified atom stereocenters. The van der Waals surface area contributed by atoms with Crippen molar-refractivity contribution in [1.29, 1.82) is 0 Å². The van der Waals surface area contributed by atoms with Crippen molar-refractivity contribution in [2.75, 3.05) is 26.1 Å². The predicted molar refractivity (Wildman–Crippen MR) is 95.1 cm³/mol. The summed E-state index contributed by atoms with van der Waals surface area (Å²) in [5.41, 5.74) is 1.86. The van der Waals surface area contributed by atoms with E-state index in [1.54, 1.807) is 14.2 Å². The van der Waals surface area contributed by atoms with E-state index in [2.05, 4.69) is 48.6 Å². The van der Waals surface area contributed by atoms with E-state index >= 15 is 0 Å². The highest BCUT2D eigenvalue weighted by atomic mass is 16.5. The number of anilines is 1. The number of ether oxygens (including phenoxy) is 2. The Balaban J connectivity index is 1.91. The monoisotopic (exact) mass is 326 g/mol. The molecule has 0 spiro atoms. The van der Waals surface area contributed by atoms with E-state index in [9.17, 15) is 0 Å². The molecule has 2 aromatic carbocycles. The maximum Gasteiger partial charge on any atom is 0.181 e. The Kier molecular flexibility index (Phi) is 4.34. The van der Waals surface area contributed by atoms with Gasteiger partial charge in [0.1, 0.15) is 5.39 Å². The van der Waals surface area contributed by atoms with Crippen molar-refractivity contribution in [2.45, 2.75) is 19.3 Å². The van der Waals surface area contributed by atoms with Crippen molar-refractivity contribution >= 4 is 16.8 Å². The number of nitrogens with one attached hydrogen (secondary N) is 1. The standard InChI is InChI=1S/C19H22N2O3/c1-19(2,13-8-6-5-7-9-13)12-20-18-16-14(24-21-18)10-11-15(22-3)17(16)23-4/h5-11H,12H2,1-4H3,(H,20,21). The third kappa shape index (κ3) is 2.89. The fourth-order valence-corrected chi connectivity index (χ4v) is 2.77. The number of hydrogen-bond donors (Lipinski definition) is 1. The zero-order chi connectivity index (χ0) is 17.2. The summed E-state index contributed by atoms with van der Waals surface area (Å²) in [5, 5.41) is 8.34. The molecule has 0 radical (unpaired) electrons. The fourth-order valence-electron chi connectivity index (χ4n) is 2.77. The van der Waals surface area contributed by atoms with Crippen LogP contribution >= 0.6 is 0 Å². The van der Waals surface area contributed by atoms with Crippen molar-refractivity contribution in [3.63, 3.8) is 0 Å². The molecule has 0 saturated carbocycles. The van der Waals surface area contributed by atoms with Crippen LogP contribution in [-0.2, 0) is 5.41 Å². The van der Waals surface area contributed by atoms with Gasteiger partial charge < -0.3 is 19.3 Å². The van der Waals surface area contributed by atoms with E-state index in [0.717, 1.165) is 5.39 Å². The number of fused-ring (bicyclic) bond motifs is 1. The molecule has 0 aliphatic rings. The minimum Gasteiger partial charge on any atom is -0.493 e. The van der Waals surface area contributed by atoms with Crippen LogP contribution in [0.4, 0.5) is 5.82 Å². The van der Waals surface area contributed by atoms with Gasteiger partial charge in [-0.15, -0.1) is 0 Å². The van der Waals surface area contributed by atoms with Gasteiger partial charge >= 0.3 is 0 Å². The second kappa shape index (κ2) is 6.43. The van der Waals surface area contributed by atoms with Crippen LogP contribution in [0.5, 0.6) is 11.5 Å². The lowest BCUT2D eigenvalue weighted by molar-refractivity contribution is 0.358. The van der Waals surface area contributed by atoms with Crippen LogP contribution in [0.1, 0.15) is 19.4 Å². The summed E-state index contributed by atoms with van der Waals surface area (Å²) in [6.45, 7) is 5.09. The summed E-state index contributed by atoms with van der Waals surface area (Å²) in [7, 11) is 3.23. The number of methoxy groups -OCH3 is 2. The van der Waals surface area contributed by atoms with Gasteiger partial charge in [0.25, 0.3) is 0 Å². The first kappa shape index (κ1) is 16.2. The molecule has 3 aromatic rings. The Bertz CT molecular complexity index is 825. The minimum absolute atomic E-state index is 0.0569. The Morgan fingerprint density at radius 2 is 1.79 bits per heavy atom. The molecule has 0 aliphatic heterocycles. The summed E-state index contributed by atoms with van der Waals surface area (Å²) >= 11 is 0. The molecule has 5 nitrogen and oxygen atoms in total. The smallest absolute Gasteiger partial charge is 0.181 e. The first-order valence-corrected chi connectivity index (χ1v) is 7.86. The summed E-state index contributed by atoms with van der Waals surface area (Å²) < 4.78 is 16.3. The lowest BCUT2D eigenvalue weighted by Gasteiger charge is -2.25. The Morgan fingerprint density at radius 3 is 2.46 bits per heavy atom. The SMILES string of the molecule is COc1ccc2onc(NCC(C)(C)c3ccccc3)c2c1OC. The summed E-state index contributed by atoms with van der Waals surface area (Å²) in [5.74, 6) is 1.93. The minimum atomic E-state index is -0.0569. The summed E-state index contributed by atoms with van der Waals surface area (Å²) in [4.78, 5) is 0. The Hall–Kier alpha value is -2.69. The van der Waals surface area contributed by atoms with Crippen LogP contribution in [-0.4, -0.2) is 25.9 Å². The maximum absolute atomic E-state index is 5.50. The second-order valence-electron chi connectivity index (χ2n) is 6.31. The van der Waals surface area contributed by atoms with Crippen molar-refractivity contribution in [3.8, 4) is 11.5 Å². The molecule has 0 saturated heterocycles. The van der Waals surface area contributed by atoms with Crippen molar-refractivity contribution in [1.82, 2.24) is 5.16 Å². The van der Waals surface area contributed by atoms with Gasteiger partial charge in [0.2, 0.25) is 0 Å². The molecule has 1 aromatic heterocycles. The molecule has 3 rings (SSSR count). The lowest BCUT2D eigenvalue weighted by Crippen LogP contribution is -2.27. The molecular formula is C19H22N2O3. The maximum atomic E-state index is 5.50. The first-order chi connectivity index (χ1) is 11.6. The summed E-state index contributed by atoms with van der Waals surface area (Å²) in [6, 6.07) is 14.0. The van der Waals surface area contributed by atoms with E-state index in [1.807, 2.05) is 18.2 Å². The van der Waals surface area contributed by atoms with E-state index in [-0.39, 0.29) is 5.41 Å². The first-order valence-electron chi connectivity index (χ1n) is 7.86. The van der Waals surface area contributed by atoms with Crippen molar-refractivity contribution in [3.05, 3.63) is 48.0 Å². The van der Waals surface area contributed by atoms with Gasteiger partial charge in [0, 0.05) is 12.0 Å². The van der Waals surface area contributed by atoms with Crippen LogP contribution in [0.3, 0.4) is 0 Å². The quantitative estimate of drug-likeness (QED) is 0.734. The molecule has 1 heterocycles. The molecule has 0 fully saturated rings. The highest BCUT2D eigenvalue weighted by Crippen LogP contribution is 2.39. The molecule has 126 valence electrons. The lowest BCUT2D eigenvalue weighted by atomic mass is 9.84. The van der Waals surface area contributed by atoms with E-state index in [0.29, 0.717) is 29.4 Å². The van der Waals surface area contributed by atoms with Crippen LogP contribution in [0, 0.1) is 0 Å². The van der Waals surface area contributed by atoms with E-state index < -0.39 is 0 Å². The normalized spacial score (nSPS) is 11.5. The molecule has 0 amide bonds. The van der Waals surface area contributed by atoms with Gasteiger partial charge in [0.05, 0.1) is 14.2 Å². The highest BCUT2D eigenvalue weighted by Gasteiger charge is 2.23. The molecular weight excluding hydrogens is 304 g/mol. The third-order valence-electron chi connectivity index (χ3n) is 4.23. The average molecular weight is 326 g/mol. The van der Waals surface area contributed by atoms with Crippen molar-refractivity contribution in [2.24, 2.45) is 0 Å². The average Bonchev–Trinajstić information content (AvgIpc) is 3.03. The molecule has 1 N–H and O–H groups in total. The Morgan fingerprint density at radius 1 is 1.04 bits per heavy atom. The zero-order valence-electron chi connectivity index (χ0n) is 14.4. The molecule has 0 atom stereocenters. The number of benzene rings is 2. The fraction of sp³-hybridized carbons (Fsp3) is 0.316. The molecule has 5 heteroatoms. The zero-order valence-corrected chi connectivity index (χ0v) is 14.4. The van der Waals surface area contributed by atoms with Gasteiger partial charge in [-0.25, -0.2) is 0 Å². The molecule has 0 bridgehead atoms. The van der Waals surface area contributed by atoms with E-state index in [1.165, 1.54) is 5.56 Å². The van der Waals surface area contributed by atoms with Crippen LogP contribution in [0.2, 0.25) is 0 Å². The number of nitrogens with zero attached hydrogens (tertiary/aromatic N) is 1. The Labute approximate surface area is 141 Å². The molecule has 24 heavy (non-hydrogen) atoms. The highest BCUT2D eigenvalue weighted by molar-refractivity contribution is 5.95. The third-order valence-corrected chi connectivity index (χ3v) is 4.23. The number of hydrogen-bond acceptors (Lipinski definition) is 5. The predicted octanol–water partition coefficient (Wildman–Crippen LogP) is 4.23. The van der Waals surface area contributed by atoms with E-state index in [4.69, 9.17) is 14.0 Å².